The van der Waals surface area contributed by atoms with E-state index in [1.807, 2.05) is 0 Å². The molecule has 2 rings (SSSR count). The first kappa shape index (κ1) is 19.4. The van der Waals surface area contributed by atoms with Crippen molar-refractivity contribution in [3.8, 4) is 5.75 Å². The topological polar surface area (TPSA) is 44.8 Å². The SMILES string of the molecule is C=COCCOc1ccc(F)cc1C(=O)OC(C)(C)c1ccc(F)cc1. The number of rotatable bonds is 8. The quantitative estimate of drug-likeness (QED) is 0.391. The van der Waals surface area contributed by atoms with Gasteiger partial charge >= 0.3 is 5.97 Å². The van der Waals surface area contributed by atoms with Gasteiger partial charge in [-0.25, -0.2) is 13.6 Å². The predicted molar refractivity (Wildman–Crippen MR) is 92.9 cm³/mol. The summed E-state index contributed by atoms with van der Waals surface area (Å²) in [5, 5.41) is 0. The summed E-state index contributed by atoms with van der Waals surface area (Å²) >= 11 is 0. The van der Waals surface area contributed by atoms with Gasteiger partial charge in [0.15, 0.2) is 0 Å². The second-order valence-electron chi connectivity index (χ2n) is 5.93. The molecule has 0 unspecified atom stereocenters. The number of hydrogen-bond acceptors (Lipinski definition) is 4. The third kappa shape index (κ3) is 5.05. The summed E-state index contributed by atoms with van der Waals surface area (Å²) in [6.07, 6.45) is 1.27. The van der Waals surface area contributed by atoms with Gasteiger partial charge in [-0.3, -0.25) is 0 Å². The predicted octanol–water partition coefficient (Wildman–Crippen LogP) is 4.60. The van der Waals surface area contributed by atoms with Crippen molar-refractivity contribution in [1.82, 2.24) is 0 Å². The maximum absolute atomic E-state index is 13.6. The van der Waals surface area contributed by atoms with Crippen LogP contribution in [0.15, 0.2) is 55.3 Å². The number of carbonyl (C=O) groups excluding carboxylic acids is 1. The molecule has 26 heavy (non-hydrogen) atoms. The highest BCUT2D eigenvalue weighted by atomic mass is 19.1. The van der Waals surface area contributed by atoms with Crippen molar-refractivity contribution in [3.63, 3.8) is 0 Å². The van der Waals surface area contributed by atoms with Crippen LogP contribution in [0.3, 0.4) is 0 Å². The molecule has 4 nitrogen and oxygen atoms in total. The molecule has 0 aliphatic rings. The summed E-state index contributed by atoms with van der Waals surface area (Å²) < 4.78 is 42.6. The van der Waals surface area contributed by atoms with Gasteiger partial charge in [0, 0.05) is 0 Å². The molecule has 0 N–H and O–H groups in total. The summed E-state index contributed by atoms with van der Waals surface area (Å²) in [5.41, 5.74) is -0.482. The highest BCUT2D eigenvalue weighted by molar-refractivity contribution is 5.92. The Bertz CT molecular complexity index is 770. The third-order valence-electron chi connectivity index (χ3n) is 3.63. The molecule has 2 aromatic carbocycles. The van der Waals surface area contributed by atoms with E-state index in [0.29, 0.717) is 5.56 Å². The number of benzene rings is 2. The molecule has 0 radical (unpaired) electrons. The molecule has 0 bridgehead atoms. The number of hydrogen-bond donors (Lipinski definition) is 0. The van der Waals surface area contributed by atoms with Gasteiger partial charge in [-0.15, -0.1) is 0 Å². The molecule has 6 heteroatoms. The lowest BCUT2D eigenvalue weighted by molar-refractivity contribution is -0.00361. The molecule has 0 aromatic heterocycles. The lowest BCUT2D eigenvalue weighted by Crippen LogP contribution is -2.26. The molecule has 0 amide bonds. The van der Waals surface area contributed by atoms with Gasteiger partial charge in [-0.2, -0.15) is 0 Å². The fraction of sp³-hybridized carbons (Fsp3) is 0.250. The number of esters is 1. The monoisotopic (exact) mass is 362 g/mol. The molecule has 0 atom stereocenters. The Morgan fingerprint density at radius 1 is 1.08 bits per heavy atom. The van der Waals surface area contributed by atoms with E-state index < -0.39 is 23.2 Å². The summed E-state index contributed by atoms with van der Waals surface area (Å²) in [5.74, 6) is -1.55. The summed E-state index contributed by atoms with van der Waals surface area (Å²) in [6.45, 7) is 7.12. The highest BCUT2D eigenvalue weighted by Crippen LogP contribution is 2.29. The Morgan fingerprint density at radius 3 is 2.38 bits per heavy atom. The van der Waals surface area contributed by atoms with E-state index in [0.717, 1.165) is 6.07 Å². The zero-order valence-corrected chi connectivity index (χ0v) is 14.6. The van der Waals surface area contributed by atoms with Crippen LogP contribution < -0.4 is 4.74 Å². The molecule has 0 aliphatic heterocycles. The van der Waals surface area contributed by atoms with Gasteiger partial charge in [-0.05, 0) is 49.7 Å². The normalized spacial score (nSPS) is 10.9. The number of ether oxygens (including phenoxy) is 3. The molecule has 0 fully saturated rings. The van der Waals surface area contributed by atoms with Crippen molar-refractivity contribution >= 4 is 5.97 Å². The molecule has 0 aliphatic carbocycles. The molecule has 0 saturated carbocycles. The fourth-order valence-electron chi connectivity index (χ4n) is 2.27. The van der Waals surface area contributed by atoms with E-state index >= 15 is 0 Å². The minimum absolute atomic E-state index is 0.0428. The molecule has 138 valence electrons. The Kier molecular flexibility index (Phi) is 6.33. The van der Waals surface area contributed by atoms with E-state index in [4.69, 9.17) is 14.2 Å². The molecule has 2 aromatic rings. The first-order valence-corrected chi connectivity index (χ1v) is 7.98. The lowest BCUT2D eigenvalue weighted by atomic mass is 9.98. The van der Waals surface area contributed by atoms with Gasteiger partial charge in [0.2, 0.25) is 0 Å². The van der Waals surface area contributed by atoms with Crippen molar-refractivity contribution in [2.75, 3.05) is 13.2 Å². The average Bonchev–Trinajstić information content (AvgIpc) is 2.59. The molecular weight excluding hydrogens is 342 g/mol. The van der Waals surface area contributed by atoms with Crippen LogP contribution in [0.2, 0.25) is 0 Å². The van der Waals surface area contributed by atoms with Crippen molar-refractivity contribution in [1.29, 1.82) is 0 Å². The van der Waals surface area contributed by atoms with Gasteiger partial charge in [0.05, 0.1) is 6.26 Å². The van der Waals surface area contributed by atoms with Gasteiger partial charge in [0.1, 0.15) is 41.8 Å². The zero-order chi connectivity index (χ0) is 19.2. The van der Waals surface area contributed by atoms with Gasteiger partial charge in [-0.1, -0.05) is 18.7 Å². The van der Waals surface area contributed by atoms with E-state index in [1.165, 1.54) is 42.7 Å². The van der Waals surface area contributed by atoms with Crippen LogP contribution in [0.5, 0.6) is 5.75 Å². The Balaban J connectivity index is 2.18. The van der Waals surface area contributed by atoms with Crippen LogP contribution in [0.25, 0.3) is 0 Å². The van der Waals surface area contributed by atoms with Crippen molar-refractivity contribution in [2.45, 2.75) is 19.4 Å². The molecule has 0 spiro atoms. The smallest absolute Gasteiger partial charge is 0.342 e. The Hall–Kier alpha value is -2.89. The zero-order valence-electron chi connectivity index (χ0n) is 14.6. The largest absolute Gasteiger partial charge is 0.498 e. The molecular formula is C20H20F2O4. The average molecular weight is 362 g/mol. The summed E-state index contributed by atoms with van der Waals surface area (Å²) in [4.78, 5) is 12.6. The first-order valence-electron chi connectivity index (χ1n) is 7.98. The lowest BCUT2D eigenvalue weighted by Gasteiger charge is -2.26. The standard InChI is InChI=1S/C20H20F2O4/c1-4-24-11-12-25-18-10-9-16(22)13-17(18)19(23)26-20(2,3)14-5-7-15(21)8-6-14/h4-10,13H,1,11-12H2,2-3H3. The van der Waals surface area contributed by atoms with Gasteiger partial charge in [0.25, 0.3) is 0 Å². The summed E-state index contributed by atoms with van der Waals surface area (Å²) in [7, 11) is 0. The van der Waals surface area contributed by atoms with E-state index in [9.17, 15) is 13.6 Å². The van der Waals surface area contributed by atoms with Crippen LogP contribution >= 0.6 is 0 Å². The van der Waals surface area contributed by atoms with Crippen LogP contribution in [0.1, 0.15) is 29.8 Å². The van der Waals surface area contributed by atoms with Crippen LogP contribution in [0.4, 0.5) is 8.78 Å². The van der Waals surface area contributed by atoms with E-state index in [2.05, 4.69) is 6.58 Å². The number of halogens is 2. The van der Waals surface area contributed by atoms with Crippen LogP contribution in [-0.2, 0) is 15.1 Å². The second kappa shape index (κ2) is 8.47. The number of carbonyl (C=O) groups is 1. The van der Waals surface area contributed by atoms with E-state index in [1.54, 1.807) is 13.8 Å². The molecule has 0 saturated heterocycles. The Morgan fingerprint density at radius 2 is 1.73 bits per heavy atom. The first-order chi connectivity index (χ1) is 12.3. The highest BCUT2D eigenvalue weighted by Gasteiger charge is 2.28. The minimum Gasteiger partial charge on any atom is -0.498 e. The van der Waals surface area contributed by atoms with Crippen molar-refractivity contribution in [3.05, 3.63) is 78.1 Å². The fourth-order valence-corrected chi connectivity index (χ4v) is 2.27. The minimum atomic E-state index is -1.04. The molecule has 0 heterocycles. The van der Waals surface area contributed by atoms with Gasteiger partial charge < -0.3 is 14.2 Å². The van der Waals surface area contributed by atoms with Crippen molar-refractivity contribution in [2.24, 2.45) is 0 Å². The maximum atomic E-state index is 13.6. The van der Waals surface area contributed by atoms with Crippen molar-refractivity contribution < 1.29 is 27.8 Å². The third-order valence-corrected chi connectivity index (χ3v) is 3.63. The van der Waals surface area contributed by atoms with E-state index in [-0.39, 0.29) is 24.5 Å². The maximum Gasteiger partial charge on any atom is 0.342 e. The van der Waals surface area contributed by atoms with Crippen LogP contribution in [-0.4, -0.2) is 19.2 Å². The van der Waals surface area contributed by atoms with Crippen LogP contribution in [0, 0.1) is 11.6 Å². The Labute approximate surface area is 151 Å². The summed E-state index contributed by atoms with van der Waals surface area (Å²) in [6, 6.07) is 9.20. The second-order valence-corrected chi connectivity index (χ2v) is 5.93.